The number of rotatable bonds is 4. The predicted octanol–water partition coefficient (Wildman–Crippen LogP) is 2.99. The van der Waals surface area contributed by atoms with Crippen LogP contribution in [0.2, 0.25) is 5.28 Å². The lowest BCUT2D eigenvalue weighted by atomic mass is 10.1. The maximum Gasteiger partial charge on any atom is 0.407 e. The van der Waals surface area contributed by atoms with Crippen LogP contribution in [0.3, 0.4) is 0 Å². The van der Waals surface area contributed by atoms with E-state index in [2.05, 4.69) is 15.1 Å². The van der Waals surface area contributed by atoms with Gasteiger partial charge in [-0.25, -0.2) is 17.9 Å². The van der Waals surface area contributed by atoms with Crippen molar-refractivity contribution in [2.75, 3.05) is 19.3 Å². The molecule has 3 heterocycles. The van der Waals surface area contributed by atoms with Gasteiger partial charge in [0, 0.05) is 19.3 Å². The minimum absolute atomic E-state index is 0.0185. The average molecular weight is 452 g/mol. The quantitative estimate of drug-likeness (QED) is 0.599. The van der Waals surface area contributed by atoms with Crippen LogP contribution < -0.4 is 4.74 Å². The summed E-state index contributed by atoms with van der Waals surface area (Å²) in [7, 11) is -3.31. The normalized spacial score (nSPS) is 15.5. The van der Waals surface area contributed by atoms with E-state index in [0.29, 0.717) is 42.7 Å². The highest BCUT2D eigenvalue weighted by Gasteiger charge is 2.26. The van der Waals surface area contributed by atoms with Crippen LogP contribution in [0.15, 0.2) is 35.4 Å². The van der Waals surface area contributed by atoms with Crippen LogP contribution in [-0.4, -0.2) is 63.6 Å². The Labute approximate surface area is 177 Å². The molecule has 0 unspecified atom stereocenters. The van der Waals surface area contributed by atoms with Crippen molar-refractivity contribution >= 4 is 38.6 Å². The molecule has 0 radical (unpaired) electrons. The van der Waals surface area contributed by atoms with Crippen LogP contribution in [0.1, 0.15) is 18.9 Å². The fraction of sp³-hybridized carbons (Fsp3) is 0.333. The Morgan fingerprint density at radius 2 is 1.87 bits per heavy atom. The molecule has 0 bridgehead atoms. The van der Waals surface area contributed by atoms with E-state index < -0.39 is 15.9 Å². The molecule has 1 saturated heterocycles. The Kier molecular flexibility index (Phi) is 5.24. The molecule has 12 heteroatoms. The highest BCUT2D eigenvalue weighted by atomic mass is 35.5. The second kappa shape index (κ2) is 7.73. The lowest BCUT2D eigenvalue weighted by Crippen LogP contribution is -2.38. The number of carboxylic acid groups (broad SMARTS) is 1. The number of halogens is 1. The fourth-order valence-corrected chi connectivity index (χ4v) is 4.18. The average Bonchev–Trinajstić information content (AvgIpc) is 3.11. The molecule has 1 aliphatic heterocycles. The number of hydrogen-bond acceptors (Lipinski definition) is 7. The van der Waals surface area contributed by atoms with Gasteiger partial charge in [0.1, 0.15) is 11.1 Å². The number of hydrogen-bond donors (Lipinski definition) is 1. The first-order chi connectivity index (χ1) is 14.2. The third kappa shape index (κ3) is 4.03. The summed E-state index contributed by atoms with van der Waals surface area (Å²) in [6.07, 6.45) is 2.99. The summed E-state index contributed by atoms with van der Waals surface area (Å²) in [5.41, 5.74) is 0.492. The van der Waals surface area contributed by atoms with E-state index in [9.17, 15) is 13.2 Å². The Hall–Kier alpha value is -2.92. The number of amides is 1. The minimum Gasteiger partial charge on any atom is -0.465 e. The van der Waals surface area contributed by atoms with Crippen LogP contribution >= 0.6 is 11.6 Å². The number of carbonyl (C=O) groups is 1. The van der Waals surface area contributed by atoms with Crippen molar-refractivity contribution in [1.29, 1.82) is 0 Å². The molecule has 1 amide bonds. The maximum atomic E-state index is 11.6. The van der Waals surface area contributed by atoms with Crippen molar-refractivity contribution in [3.8, 4) is 11.6 Å². The molecule has 1 aromatic carbocycles. The third-order valence-electron chi connectivity index (χ3n) is 4.94. The topological polar surface area (TPSA) is 128 Å². The van der Waals surface area contributed by atoms with Gasteiger partial charge in [-0.2, -0.15) is 15.1 Å². The van der Waals surface area contributed by atoms with Gasteiger partial charge in [0.25, 0.3) is 0 Å². The van der Waals surface area contributed by atoms with Gasteiger partial charge in [-0.05, 0) is 48.7 Å². The molecule has 0 aliphatic carbocycles. The lowest BCUT2D eigenvalue weighted by molar-refractivity contribution is 0.124. The van der Waals surface area contributed by atoms with Crippen LogP contribution in [-0.2, 0) is 9.84 Å². The molecule has 1 aliphatic rings. The Balaban J connectivity index is 1.62. The summed E-state index contributed by atoms with van der Waals surface area (Å²) >= 11 is 6.10. The van der Waals surface area contributed by atoms with Crippen molar-refractivity contribution in [1.82, 2.24) is 24.6 Å². The van der Waals surface area contributed by atoms with E-state index in [-0.39, 0.29) is 22.1 Å². The SMILES string of the molecule is CS(=O)(=O)c1ccc(Oc2nc(Cl)nc3c2cnn3C2CCN(C(=O)O)CC2)cc1. The summed E-state index contributed by atoms with van der Waals surface area (Å²) in [5, 5.41) is 14.1. The van der Waals surface area contributed by atoms with Crippen LogP contribution in [0.25, 0.3) is 11.0 Å². The number of nitrogens with zero attached hydrogens (tertiary/aromatic N) is 5. The van der Waals surface area contributed by atoms with Gasteiger partial charge in [0.15, 0.2) is 15.5 Å². The molecule has 0 saturated carbocycles. The highest BCUT2D eigenvalue weighted by molar-refractivity contribution is 7.90. The molecule has 0 spiro atoms. The summed E-state index contributed by atoms with van der Waals surface area (Å²) < 4.78 is 30.8. The van der Waals surface area contributed by atoms with Crippen LogP contribution in [0, 0.1) is 0 Å². The smallest absolute Gasteiger partial charge is 0.407 e. The number of fused-ring (bicyclic) bond motifs is 1. The molecule has 1 fully saturated rings. The van der Waals surface area contributed by atoms with Gasteiger partial charge in [-0.1, -0.05) is 0 Å². The standard InChI is InChI=1S/C18H18ClN5O5S/c1-30(27,28)13-4-2-12(3-5-13)29-16-14-10-20-24(15(14)21-17(19)22-16)11-6-8-23(9-7-11)18(25)26/h2-5,10-11H,6-9H2,1H3,(H,25,26). The first-order valence-corrected chi connectivity index (χ1v) is 11.4. The van der Waals surface area contributed by atoms with E-state index in [1.54, 1.807) is 10.9 Å². The minimum atomic E-state index is -3.31. The largest absolute Gasteiger partial charge is 0.465 e. The summed E-state index contributed by atoms with van der Waals surface area (Å²) in [5.74, 6) is 0.590. The lowest BCUT2D eigenvalue weighted by Gasteiger charge is -2.30. The van der Waals surface area contributed by atoms with Gasteiger partial charge in [-0.3, -0.25) is 0 Å². The molecular weight excluding hydrogens is 434 g/mol. The molecule has 10 nitrogen and oxygen atoms in total. The number of sulfone groups is 1. The molecule has 4 rings (SSSR count). The highest BCUT2D eigenvalue weighted by Crippen LogP contribution is 2.32. The number of ether oxygens (including phenoxy) is 1. The Morgan fingerprint density at radius 3 is 2.47 bits per heavy atom. The summed E-state index contributed by atoms with van der Waals surface area (Å²) in [6, 6.07) is 5.94. The van der Waals surface area contributed by atoms with E-state index in [1.165, 1.54) is 29.2 Å². The van der Waals surface area contributed by atoms with Crippen molar-refractivity contribution in [3.05, 3.63) is 35.7 Å². The van der Waals surface area contributed by atoms with Gasteiger partial charge < -0.3 is 14.7 Å². The first-order valence-electron chi connectivity index (χ1n) is 9.09. The third-order valence-corrected chi connectivity index (χ3v) is 6.24. The van der Waals surface area contributed by atoms with Crippen LogP contribution in [0.4, 0.5) is 4.79 Å². The first kappa shape index (κ1) is 20.4. The zero-order valence-electron chi connectivity index (χ0n) is 15.9. The number of likely N-dealkylation sites (tertiary alicyclic amines) is 1. The van der Waals surface area contributed by atoms with Crippen molar-refractivity contribution in [2.45, 2.75) is 23.8 Å². The summed E-state index contributed by atoms with van der Waals surface area (Å²) in [6.45, 7) is 0.826. The van der Waals surface area contributed by atoms with Crippen LogP contribution in [0.5, 0.6) is 11.6 Å². The molecule has 158 valence electrons. The van der Waals surface area contributed by atoms with E-state index in [1.807, 2.05) is 0 Å². The van der Waals surface area contributed by atoms with E-state index >= 15 is 0 Å². The van der Waals surface area contributed by atoms with Crippen molar-refractivity contribution in [2.24, 2.45) is 0 Å². The Morgan fingerprint density at radius 1 is 1.20 bits per heavy atom. The second-order valence-electron chi connectivity index (χ2n) is 6.97. The van der Waals surface area contributed by atoms with Gasteiger partial charge in [0.2, 0.25) is 11.2 Å². The summed E-state index contributed by atoms with van der Waals surface area (Å²) in [4.78, 5) is 21.1. The molecule has 0 atom stereocenters. The van der Waals surface area contributed by atoms with Gasteiger partial charge in [-0.15, -0.1) is 0 Å². The van der Waals surface area contributed by atoms with Gasteiger partial charge in [0.05, 0.1) is 17.1 Å². The predicted molar refractivity (Wildman–Crippen MR) is 108 cm³/mol. The zero-order chi connectivity index (χ0) is 21.5. The van der Waals surface area contributed by atoms with Crippen molar-refractivity contribution in [3.63, 3.8) is 0 Å². The Bertz CT molecular complexity index is 1200. The molecule has 3 aromatic rings. The number of piperidine rings is 1. The molecular formula is C18H18ClN5O5S. The number of aromatic nitrogens is 4. The molecule has 30 heavy (non-hydrogen) atoms. The second-order valence-corrected chi connectivity index (χ2v) is 9.32. The molecule has 2 aromatic heterocycles. The van der Waals surface area contributed by atoms with Crippen molar-refractivity contribution < 1.29 is 23.1 Å². The van der Waals surface area contributed by atoms with E-state index in [4.69, 9.17) is 21.4 Å². The monoisotopic (exact) mass is 451 g/mol. The fourth-order valence-electron chi connectivity index (χ4n) is 3.39. The van der Waals surface area contributed by atoms with Gasteiger partial charge >= 0.3 is 6.09 Å². The van der Waals surface area contributed by atoms with E-state index in [0.717, 1.165) is 6.26 Å². The number of benzene rings is 1. The molecule has 1 N–H and O–H groups in total. The maximum absolute atomic E-state index is 11.6. The zero-order valence-corrected chi connectivity index (χ0v) is 17.5.